The quantitative estimate of drug-likeness (QED) is 0.450. The lowest BCUT2D eigenvalue weighted by atomic mass is 10.00. The molecular weight excluding hydrogens is 451 g/mol. The van der Waals surface area contributed by atoms with Gasteiger partial charge in [-0.3, -0.25) is 10.1 Å². The molecule has 2 aromatic carbocycles. The molecule has 1 N–H and O–H groups in total. The van der Waals surface area contributed by atoms with Crippen molar-refractivity contribution in [2.24, 2.45) is 0 Å². The first-order chi connectivity index (χ1) is 16.3. The predicted molar refractivity (Wildman–Crippen MR) is 117 cm³/mol. The number of nitrogens with zero attached hydrogens (tertiary/aromatic N) is 2. The third-order valence-electron chi connectivity index (χ3n) is 5.72. The highest BCUT2D eigenvalue weighted by atomic mass is 19.4. The molecule has 3 aromatic rings. The molecule has 180 valence electrons. The number of imide groups is 1. The Labute approximate surface area is 193 Å². The van der Waals surface area contributed by atoms with Crippen LogP contribution in [0.25, 0.3) is 11.0 Å². The Morgan fingerprint density at radius 2 is 1.94 bits per heavy atom. The molecule has 0 bridgehead atoms. The van der Waals surface area contributed by atoms with Gasteiger partial charge in [0.1, 0.15) is 5.75 Å². The normalized spacial score (nSPS) is 16.7. The summed E-state index contributed by atoms with van der Waals surface area (Å²) in [6.07, 6.45) is -2.84. The number of aryl methyl sites for hydroxylation is 1. The third kappa shape index (κ3) is 4.85. The van der Waals surface area contributed by atoms with E-state index in [0.29, 0.717) is 37.1 Å². The van der Waals surface area contributed by atoms with Crippen molar-refractivity contribution in [2.75, 3.05) is 13.2 Å². The number of hydrogen-bond donors (Lipinski definition) is 1. The van der Waals surface area contributed by atoms with Crippen LogP contribution in [0.15, 0.2) is 47.0 Å². The van der Waals surface area contributed by atoms with Gasteiger partial charge < -0.3 is 14.2 Å². The highest BCUT2D eigenvalue weighted by molar-refractivity contribution is 5.97. The number of fused-ring (bicyclic) bond motifs is 1. The van der Waals surface area contributed by atoms with Crippen LogP contribution >= 0.6 is 0 Å². The van der Waals surface area contributed by atoms with Crippen LogP contribution in [0.5, 0.6) is 5.75 Å². The van der Waals surface area contributed by atoms with E-state index in [0.717, 1.165) is 5.56 Å². The summed E-state index contributed by atoms with van der Waals surface area (Å²) in [5.74, 6) is 0.103. The fourth-order valence-electron chi connectivity index (χ4n) is 4.18. The molecule has 1 aromatic heterocycles. The number of halogens is 3. The molecule has 1 saturated heterocycles. The van der Waals surface area contributed by atoms with Gasteiger partial charge in [-0.25, -0.2) is 4.79 Å². The monoisotopic (exact) mass is 475 g/mol. The zero-order valence-electron chi connectivity index (χ0n) is 18.5. The molecule has 0 saturated carbocycles. The van der Waals surface area contributed by atoms with Crippen LogP contribution in [0.1, 0.15) is 49.0 Å². The number of carbonyl (C=O) groups is 2. The molecule has 2 heterocycles. The van der Waals surface area contributed by atoms with Crippen molar-refractivity contribution in [1.29, 1.82) is 0 Å². The van der Waals surface area contributed by atoms with Gasteiger partial charge >= 0.3 is 12.2 Å². The van der Waals surface area contributed by atoms with Gasteiger partial charge in [0.2, 0.25) is 5.91 Å². The molecule has 0 aliphatic carbocycles. The van der Waals surface area contributed by atoms with Crippen molar-refractivity contribution in [3.05, 3.63) is 59.3 Å². The van der Waals surface area contributed by atoms with E-state index in [2.05, 4.69) is 10.5 Å². The van der Waals surface area contributed by atoms with Gasteiger partial charge in [0, 0.05) is 12.1 Å². The topological polar surface area (TPSA) is 84.7 Å². The largest absolute Gasteiger partial charge is 0.493 e. The molecule has 7 nitrogen and oxygen atoms in total. The first kappa shape index (κ1) is 23.6. The summed E-state index contributed by atoms with van der Waals surface area (Å²) in [5, 5.41) is 5.48. The summed E-state index contributed by atoms with van der Waals surface area (Å²) in [5.41, 5.74) is 0.424. The number of ether oxygens (including phenoxy) is 1. The molecular formula is C24H24F3N3O4. The predicted octanol–water partition coefficient (Wildman–Crippen LogP) is 5.25. The second-order valence-electron chi connectivity index (χ2n) is 8.08. The average molecular weight is 475 g/mol. The number of nitrogens with one attached hydrogen (secondary N) is 1. The molecule has 1 aliphatic heterocycles. The number of urea groups is 1. The van der Waals surface area contributed by atoms with Crippen molar-refractivity contribution in [2.45, 2.75) is 44.8 Å². The van der Waals surface area contributed by atoms with Crippen LogP contribution in [0.3, 0.4) is 0 Å². The third-order valence-corrected chi connectivity index (χ3v) is 5.72. The molecule has 1 atom stereocenters. The number of carbonyl (C=O) groups excluding carboxylic acids is 2. The van der Waals surface area contributed by atoms with Crippen LogP contribution < -0.4 is 10.1 Å². The van der Waals surface area contributed by atoms with E-state index >= 15 is 0 Å². The maximum absolute atomic E-state index is 13.2. The molecule has 0 radical (unpaired) electrons. The Bertz CT molecular complexity index is 1180. The number of rotatable bonds is 8. The number of benzene rings is 2. The second kappa shape index (κ2) is 9.74. The molecule has 10 heteroatoms. The zero-order valence-corrected chi connectivity index (χ0v) is 18.5. The fraction of sp³-hybridized carbons (Fsp3) is 0.375. The Morgan fingerprint density at radius 3 is 2.65 bits per heavy atom. The first-order valence-electron chi connectivity index (χ1n) is 11.1. The second-order valence-corrected chi connectivity index (χ2v) is 8.08. The average Bonchev–Trinajstić information content (AvgIpc) is 3.24. The van der Waals surface area contributed by atoms with E-state index in [-0.39, 0.29) is 35.9 Å². The first-order valence-corrected chi connectivity index (χ1v) is 11.1. The maximum atomic E-state index is 13.2. The van der Waals surface area contributed by atoms with Gasteiger partial charge in [0.15, 0.2) is 11.3 Å². The van der Waals surface area contributed by atoms with Crippen molar-refractivity contribution in [1.82, 2.24) is 15.4 Å². The summed E-state index contributed by atoms with van der Waals surface area (Å²) < 4.78 is 50.5. The number of alkyl halides is 3. The number of aromatic nitrogens is 1. The van der Waals surface area contributed by atoms with Crippen LogP contribution in [0, 0.1) is 0 Å². The standard InChI is InChI=1S/C24H24F3N3O4/c1-2-7-16-19(11-10-17-21(16)34-29-22(17)24(25,26)27)33-13-6-12-30-18(14-20(31)28-23(30)32)15-8-4-3-5-9-15/h3-5,8-11,18H,2,6-7,12-14H2,1H3,(H,28,31,32). The molecule has 1 fully saturated rings. The highest BCUT2D eigenvalue weighted by Gasteiger charge is 2.38. The lowest BCUT2D eigenvalue weighted by molar-refractivity contribution is -0.141. The molecule has 1 aliphatic rings. The molecule has 4 rings (SSSR count). The van der Waals surface area contributed by atoms with Gasteiger partial charge in [-0.2, -0.15) is 13.2 Å². The van der Waals surface area contributed by atoms with E-state index in [4.69, 9.17) is 9.26 Å². The number of amides is 3. The Morgan fingerprint density at radius 1 is 1.18 bits per heavy atom. The van der Waals surface area contributed by atoms with Crippen molar-refractivity contribution in [3.8, 4) is 5.75 Å². The van der Waals surface area contributed by atoms with E-state index in [1.165, 1.54) is 12.1 Å². The summed E-state index contributed by atoms with van der Waals surface area (Å²) in [6, 6.07) is 11.3. The van der Waals surface area contributed by atoms with Gasteiger partial charge in [0.25, 0.3) is 0 Å². The highest BCUT2D eigenvalue weighted by Crippen LogP contribution is 2.38. The van der Waals surface area contributed by atoms with Crippen LogP contribution in [0.2, 0.25) is 0 Å². The molecule has 3 amide bonds. The Kier molecular flexibility index (Phi) is 6.76. The molecule has 34 heavy (non-hydrogen) atoms. The summed E-state index contributed by atoms with van der Waals surface area (Å²) in [4.78, 5) is 26.0. The van der Waals surface area contributed by atoms with Crippen molar-refractivity contribution >= 4 is 22.9 Å². The lowest BCUT2D eigenvalue weighted by Crippen LogP contribution is -2.51. The van der Waals surface area contributed by atoms with E-state index in [1.54, 1.807) is 4.90 Å². The van der Waals surface area contributed by atoms with Crippen molar-refractivity contribution in [3.63, 3.8) is 0 Å². The lowest BCUT2D eigenvalue weighted by Gasteiger charge is -2.35. The minimum absolute atomic E-state index is 0.0738. The molecule has 0 spiro atoms. The SMILES string of the molecule is CCCc1c(OCCCN2C(=O)NC(=O)CC2c2ccccc2)ccc2c(C(F)(F)F)noc12. The maximum Gasteiger partial charge on any atom is 0.437 e. The van der Waals surface area contributed by atoms with E-state index in [1.807, 2.05) is 37.3 Å². The van der Waals surface area contributed by atoms with Gasteiger partial charge in [-0.15, -0.1) is 0 Å². The van der Waals surface area contributed by atoms with Gasteiger partial charge in [-0.1, -0.05) is 48.8 Å². The summed E-state index contributed by atoms with van der Waals surface area (Å²) >= 11 is 0. The zero-order chi connectivity index (χ0) is 24.3. The van der Waals surface area contributed by atoms with Crippen LogP contribution in [-0.4, -0.2) is 35.1 Å². The summed E-state index contributed by atoms with van der Waals surface area (Å²) in [6.45, 7) is 2.47. The smallest absolute Gasteiger partial charge is 0.437 e. The van der Waals surface area contributed by atoms with E-state index < -0.39 is 17.9 Å². The van der Waals surface area contributed by atoms with Gasteiger partial charge in [-0.05, 0) is 30.5 Å². The van der Waals surface area contributed by atoms with Crippen LogP contribution in [-0.2, 0) is 17.4 Å². The van der Waals surface area contributed by atoms with Crippen molar-refractivity contribution < 1.29 is 32.0 Å². The number of hydrogen-bond acceptors (Lipinski definition) is 5. The fourth-order valence-corrected chi connectivity index (χ4v) is 4.18. The van der Waals surface area contributed by atoms with E-state index in [9.17, 15) is 22.8 Å². The minimum Gasteiger partial charge on any atom is -0.493 e. The minimum atomic E-state index is -4.61. The summed E-state index contributed by atoms with van der Waals surface area (Å²) in [7, 11) is 0. The van der Waals surface area contributed by atoms with Crippen LogP contribution in [0.4, 0.5) is 18.0 Å². The molecule has 1 unspecified atom stereocenters. The Hall–Kier alpha value is -3.56. The Balaban J connectivity index is 1.46. The van der Waals surface area contributed by atoms with Gasteiger partial charge in [0.05, 0.1) is 24.5 Å².